The fraction of sp³-hybridized carbons (Fsp3) is 0.280. The first-order valence-corrected chi connectivity index (χ1v) is 11.0. The number of pyridine rings is 1. The zero-order valence-corrected chi connectivity index (χ0v) is 18.9. The Morgan fingerprint density at radius 2 is 2.00 bits per heavy atom. The number of piperidine rings is 1. The van der Waals surface area contributed by atoms with Gasteiger partial charge in [0.25, 0.3) is 0 Å². The molecule has 3 heterocycles. The zero-order chi connectivity index (χ0) is 23.2. The molecular formula is C25H28N6O2. The number of likely N-dealkylation sites (N-methyl/N-ethyl adjacent to an activating group) is 1. The van der Waals surface area contributed by atoms with Gasteiger partial charge in [0.05, 0.1) is 6.20 Å². The average Bonchev–Trinajstić information content (AvgIpc) is 3.25. The largest absolute Gasteiger partial charge is 0.344 e. The van der Waals surface area contributed by atoms with Crippen LogP contribution in [0.2, 0.25) is 0 Å². The van der Waals surface area contributed by atoms with Gasteiger partial charge in [-0.05, 0) is 41.8 Å². The van der Waals surface area contributed by atoms with Gasteiger partial charge in [-0.2, -0.15) is 5.10 Å². The van der Waals surface area contributed by atoms with E-state index < -0.39 is 0 Å². The molecular weight excluding hydrogens is 416 g/mol. The number of hydrogen-bond acceptors (Lipinski definition) is 5. The Balaban J connectivity index is 1.31. The lowest BCUT2D eigenvalue weighted by Gasteiger charge is -2.30. The normalized spacial score (nSPS) is 16.4. The Bertz CT molecular complexity index is 1150. The second-order valence-electron chi connectivity index (χ2n) is 8.28. The molecule has 2 aromatic heterocycles. The summed E-state index contributed by atoms with van der Waals surface area (Å²) in [7, 11) is 3.71. The summed E-state index contributed by atoms with van der Waals surface area (Å²) in [4.78, 5) is 30.0. The van der Waals surface area contributed by atoms with Crippen LogP contribution < -0.4 is 10.6 Å². The second-order valence-corrected chi connectivity index (χ2v) is 8.28. The van der Waals surface area contributed by atoms with Crippen molar-refractivity contribution in [2.24, 2.45) is 7.05 Å². The summed E-state index contributed by atoms with van der Waals surface area (Å²) in [5, 5.41) is 10.6. The van der Waals surface area contributed by atoms with E-state index in [1.807, 2.05) is 50.6 Å². The van der Waals surface area contributed by atoms with E-state index >= 15 is 0 Å². The molecule has 2 N–H and O–H groups in total. The quantitative estimate of drug-likeness (QED) is 0.547. The Kier molecular flexibility index (Phi) is 6.95. The van der Waals surface area contributed by atoms with Crippen molar-refractivity contribution in [2.45, 2.75) is 25.4 Å². The summed E-state index contributed by atoms with van der Waals surface area (Å²) in [5.74, 6) is -0.00389. The number of nitrogens with zero attached hydrogens (tertiary/aromatic N) is 4. The molecule has 1 saturated heterocycles. The van der Waals surface area contributed by atoms with Crippen LogP contribution in [0.25, 0.3) is 17.2 Å². The van der Waals surface area contributed by atoms with Gasteiger partial charge in [0, 0.05) is 81.1 Å². The van der Waals surface area contributed by atoms with Gasteiger partial charge in [-0.3, -0.25) is 19.3 Å². The number of rotatable bonds is 7. The molecule has 0 spiro atoms. The third-order valence-electron chi connectivity index (χ3n) is 5.73. The number of benzene rings is 1. The summed E-state index contributed by atoms with van der Waals surface area (Å²) in [5.41, 5.74) is 4.63. The molecule has 8 nitrogen and oxygen atoms in total. The first-order chi connectivity index (χ1) is 16.0. The summed E-state index contributed by atoms with van der Waals surface area (Å²) in [6, 6.07) is 9.98. The van der Waals surface area contributed by atoms with Crippen molar-refractivity contribution in [1.29, 1.82) is 0 Å². The van der Waals surface area contributed by atoms with Gasteiger partial charge in [0.1, 0.15) is 0 Å². The molecule has 0 aliphatic carbocycles. The van der Waals surface area contributed by atoms with Crippen LogP contribution >= 0.6 is 0 Å². The molecule has 33 heavy (non-hydrogen) atoms. The van der Waals surface area contributed by atoms with E-state index in [-0.39, 0.29) is 11.8 Å². The molecule has 1 unspecified atom stereocenters. The Hall–Kier alpha value is -3.78. The molecule has 1 aromatic carbocycles. The highest BCUT2D eigenvalue weighted by Gasteiger charge is 2.22. The fourth-order valence-corrected chi connectivity index (χ4v) is 3.86. The third-order valence-corrected chi connectivity index (χ3v) is 5.73. The number of amides is 2. The van der Waals surface area contributed by atoms with E-state index in [4.69, 9.17) is 0 Å². The summed E-state index contributed by atoms with van der Waals surface area (Å²) >= 11 is 0. The first kappa shape index (κ1) is 22.4. The van der Waals surface area contributed by atoms with Gasteiger partial charge < -0.3 is 15.5 Å². The number of aromatic nitrogens is 3. The van der Waals surface area contributed by atoms with Crippen molar-refractivity contribution in [3.05, 3.63) is 72.3 Å². The van der Waals surface area contributed by atoms with Gasteiger partial charge in [-0.1, -0.05) is 12.1 Å². The first-order valence-electron chi connectivity index (χ1n) is 11.0. The maximum atomic E-state index is 12.4. The molecule has 0 bridgehead atoms. The molecule has 1 aliphatic heterocycles. The average molecular weight is 445 g/mol. The SMILES string of the molecule is CN1CC(NCc2ccc(NC(=O)C=Cc3cnccc3-c3cnn(C)c3)cc2)CCC1=O. The standard InChI is InChI=1S/C25H28N6O2/c1-30-17-22(8-10-25(30)33)27-13-18-3-6-21(7-4-18)29-24(32)9-5-19-14-26-12-11-23(19)20-15-28-31(2)16-20/h3-7,9,11-12,14-16,22,27H,8,10,13,17H2,1-2H3,(H,29,32). The summed E-state index contributed by atoms with van der Waals surface area (Å²) < 4.78 is 1.74. The molecule has 4 rings (SSSR count). The minimum atomic E-state index is -0.211. The van der Waals surface area contributed by atoms with E-state index in [1.54, 1.807) is 34.2 Å². The molecule has 1 aliphatic rings. The number of hydrogen-bond donors (Lipinski definition) is 2. The predicted molar refractivity (Wildman–Crippen MR) is 128 cm³/mol. The smallest absolute Gasteiger partial charge is 0.248 e. The molecule has 0 saturated carbocycles. The number of carbonyl (C=O) groups is 2. The Labute approximate surface area is 193 Å². The molecule has 3 aromatic rings. The van der Waals surface area contributed by atoms with E-state index in [9.17, 15) is 9.59 Å². The van der Waals surface area contributed by atoms with Crippen LogP contribution in [-0.4, -0.2) is 51.1 Å². The minimum Gasteiger partial charge on any atom is -0.344 e. The lowest BCUT2D eigenvalue weighted by Crippen LogP contribution is -2.46. The van der Waals surface area contributed by atoms with Gasteiger partial charge in [0.2, 0.25) is 11.8 Å². The number of likely N-dealkylation sites (tertiary alicyclic amines) is 1. The lowest BCUT2D eigenvalue weighted by molar-refractivity contribution is -0.132. The molecule has 1 fully saturated rings. The van der Waals surface area contributed by atoms with Crippen LogP contribution in [0.3, 0.4) is 0 Å². The second kappa shape index (κ2) is 10.2. The lowest BCUT2D eigenvalue weighted by atomic mass is 10.0. The number of nitrogens with one attached hydrogen (secondary N) is 2. The number of anilines is 1. The van der Waals surface area contributed by atoms with Gasteiger partial charge in [-0.25, -0.2) is 0 Å². The number of carbonyl (C=O) groups excluding carboxylic acids is 2. The third kappa shape index (κ3) is 5.93. The van der Waals surface area contributed by atoms with Crippen LogP contribution in [0.4, 0.5) is 5.69 Å². The zero-order valence-electron chi connectivity index (χ0n) is 18.9. The van der Waals surface area contributed by atoms with Crippen LogP contribution in [0.15, 0.2) is 61.2 Å². The van der Waals surface area contributed by atoms with Crippen LogP contribution in [0.5, 0.6) is 0 Å². The van der Waals surface area contributed by atoms with Crippen molar-refractivity contribution in [3.63, 3.8) is 0 Å². The van der Waals surface area contributed by atoms with E-state index in [1.165, 1.54) is 6.08 Å². The molecule has 2 amide bonds. The van der Waals surface area contributed by atoms with E-state index in [2.05, 4.69) is 20.7 Å². The monoisotopic (exact) mass is 444 g/mol. The molecule has 0 radical (unpaired) electrons. The van der Waals surface area contributed by atoms with Crippen molar-refractivity contribution in [3.8, 4) is 11.1 Å². The highest BCUT2D eigenvalue weighted by Crippen LogP contribution is 2.23. The molecule has 8 heteroatoms. The highest BCUT2D eigenvalue weighted by atomic mass is 16.2. The van der Waals surface area contributed by atoms with Gasteiger partial charge in [-0.15, -0.1) is 0 Å². The van der Waals surface area contributed by atoms with Gasteiger partial charge >= 0.3 is 0 Å². The predicted octanol–water partition coefficient (Wildman–Crippen LogP) is 2.84. The minimum absolute atomic E-state index is 0.207. The van der Waals surface area contributed by atoms with E-state index in [0.717, 1.165) is 47.5 Å². The molecule has 1 atom stereocenters. The Morgan fingerprint density at radius 1 is 1.18 bits per heavy atom. The summed E-state index contributed by atoms with van der Waals surface area (Å²) in [6.45, 7) is 1.46. The number of aryl methyl sites for hydroxylation is 1. The van der Waals surface area contributed by atoms with Crippen molar-refractivity contribution in [2.75, 3.05) is 18.9 Å². The van der Waals surface area contributed by atoms with Crippen molar-refractivity contribution in [1.82, 2.24) is 25.0 Å². The van der Waals surface area contributed by atoms with Crippen molar-refractivity contribution < 1.29 is 9.59 Å². The van der Waals surface area contributed by atoms with E-state index in [0.29, 0.717) is 12.5 Å². The van der Waals surface area contributed by atoms with Crippen LogP contribution in [0, 0.1) is 0 Å². The maximum absolute atomic E-state index is 12.4. The maximum Gasteiger partial charge on any atom is 0.248 e. The van der Waals surface area contributed by atoms with Crippen LogP contribution in [-0.2, 0) is 23.2 Å². The highest BCUT2D eigenvalue weighted by molar-refractivity contribution is 6.02. The fourth-order valence-electron chi connectivity index (χ4n) is 3.86. The topological polar surface area (TPSA) is 92.2 Å². The van der Waals surface area contributed by atoms with Crippen molar-refractivity contribution >= 4 is 23.6 Å². The van der Waals surface area contributed by atoms with Crippen LogP contribution in [0.1, 0.15) is 24.0 Å². The summed E-state index contributed by atoms with van der Waals surface area (Å²) in [6.07, 6.45) is 11.9. The van der Waals surface area contributed by atoms with Gasteiger partial charge in [0.15, 0.2) is 0 Å². The Morgan fingerprint density at radius 3 is 2.73 bits per heavy atom. The molecule has 170 valence electrons.